The quantitative estimate of drug-likeness (QED) is 0.657. The van der Waals surface area contributed by atoms with Gasteiger partial charge < -0.3 is 15.2 Å². The van der Waals surface area contributed by atoms with Crippen molar-refractivity contribution in [3.63, 3.8) is 0 Å². The van der Waals surface area contributed by atoms with Gasteiger partial charge in [-0.15, -0.1) is 0 Å². The molecule has 2 heterocycles. The summed E-state index contributed by atoms with van der Waals surface area (Å²) in [7, 11) is 0. The highest BCUT2D eigenvalue weighted by Gasteiger charge is 2.39. The Hall–Kier alpha value is -0.380. The third-order valence-corrected chi connectivity index (χ3v) is 4.55. The molecule has 0 aromatic rings. The first-order valence-corrected chi connectivity index (χ1v) is 6.94. The van der Waals surface area contributed by atoms with Gasteiger partial charge in [0.15, 0.2) is 0 Å². The van der Waals surface area contributed by atoms with E-state index in [-0.39, 0.29) is 5.60 Å². The highest BCUT2D eigenvalue weighted by Crippen LogP contribution is 2.39. The first kappa shape index (κ1) is 11.7. The van der Waals surface area contributed by atoms with E-state index in [0.29, 0.717) is 6.04 Å². The van der Waals surface area contributed by atoms with Crippen LogP contribution in [0.4, 0.5) is 0 Å². The fourth-order valence-corrected chi connectivity index (χ4v) is 3.40. The van der Waals surface area contributed by atoms with Crippen molar-refractivity contribution in [3.05, 3.63) is 11.1 Å². The van der Waals surface area contributed by atoms with Crippen LogP contribution >= 0.6 is 0 Å². The highest BCUT2D eigenvalue weighted by molar-refractivity contribution is 5.21. The Morgan fingerprint density at radius 2 is 1.88 bits per heavy atom. The molecular formula is C14H23NO2. The third kappa shape index (κ3) is 2.42. The van der Waals surface area contributed by atoms with Crippen LogP contribution in [0.5, 0.6) is 0 Å². The molecule has 0 amide bonds. The third-order valence-electron chi connectivity index (χ3n) is 4.55. The summed E-state index contributed by atoms with van der Waals surface area (Å²) in [6.45, 7) is 2.55. The molecule has 3 aliphatic rings. The van der Waals surface area contributed by atoms with Crippen LogP contribution in [0, 0.1) is 0 Å². The number of nitrogens with two attached hydrogens (primary N) is 1. The highest BCUT2D eigenvalue weighted by atomic mass is 16.6. The topological polar surface area (TPSA) is 44.5 Å². The van der Waals surface area contributed by atoms with Crippen molar-refractivity contribution >= 4 is 0 Å². The van der Waals surface area contributed by atoms with Crippen LogP contribution in [0.25, 0.3) is 0 Å². The lowest BCUT2D eigenvalue weighted by Gasteiger charge is -2.36. The van der Waals surface area contributed by atoms with Crippen LogP contribution in [0.15, 0.2) is 11.1 Å². The molecule has 0 aromatic carbocycles. The number of rotatable bonds is 0. The summed E-state index contributed by atoms with van der Waals surface area (Å²) >= 11 is 0. The zero-order chi connectivity index (χ0) is 11.7. The maximum absolute atomic E-state index is 5.98. The molecule has 3 heteroatoms. The van der Waals surface area contributed by atoms with E-state index in [1.54, 1.807) is 11.1 Å². The smallest absolute Gasteiger partial charge is 0.0973 e. The Kier molecular flexibility index (Phi) is 3.24. The monoisotopic (exact) mass is 237 g/mol. The molecule has 1 aliphatic carbocycles. The lowest BCUT2D eigenvalue weighted by molar-refractivity contribution is -0.0639. The van der Waals surface area contributed by atoms with Crippen LogP contribution in [0.1, 0.15) is 44.9 Å². The number of hydrogen-bond acceptors (Lipinski definition) is 3. The molecular weight excluding hydrogens is 214 g/mol. The number of hydrogen-bond donors (Lipinski definition) is 1. The molecule has 1 atom stereocenters. The second-order valence-electron chi connectivity index (χ2n) is 5.81. The summed E-state index contributed by atoms with van der Waals surface area (Å²) in [5.41, 5.74) is 9.35. The van der Waals surface area contributed by atoms with Crippen LogP contribution in [0.3, 0.4) is 0 Å². The van der Waals surface area contributed by atoms with Gasteiger partial charge in [0, 0.05) is 25.5 Å². The molecule has 0 bridgehead atoms. The molecule has 1 saturated carbocycles. The van der Waals surface area contributed by atoms with Gasteiger partial charge in [0.2, 0.25) is 0 Å². The molecule has 17 heavy (non-hydrogen) atoms. The Morgan fingerprint density at radius 1 is 1.06 bits per heavy atom. The lowest BCUT2D eigenvalue weighted by Crippen LogP contribution is -2.38. The van der Waals surface area contributed by atoms with Gasteiger partial charge in [-0.25, -0.2) is 0 Å². The number of ether oxygens (including phenoxy) is 2. The zero-order valence-electron chi connectivity index (χ0n) is 10.5. The molecule has 3 nitrogen and oxygen atoms in total. The molecule has 3 rings (SSSR count). The fourth-order valence-electron chi connectivity index (χ4n) is 3.40. The molecule has 2 saturated heterocycles. The number of allylic oxidation sites excluding steroid dienone is 1. The second-order valence-corrected chi connectivity index (χ2v) is 5.81. The van der Waals surface area contributed by atoms with Crippen molar-refractivity contribution in [1.29, 1.82) is 0 Å². The average molecular weight is 237 g/mol. The van der Waals surface area contributed by atoms with Gasteiger partial charge in [-0.2, -0.15) is 0 Å². The first-order valence-electron chi connectivity index (χ1n) is 6.94. The summed E-state index contributed by atoms with van der Waals surface area (Å²) in [5, 5.41) is 0. The normalized spacial score (nSPS) is 39.0. The summed E-state index contributed by atoms with van der Waals surface area (Å²) in [5.74, 6) is 0. The maximum atomic E-state index is 5.98. The van der Waals surface area contributed by atoms with E-state index in [9.17, 15) is 0 Å². The average Bonchev–Trinajstić information content (AvgIpc) is 2.78. The van der Waals surface area contributed by atoms with Crippen LogP contribution in [0.2, 0.25) is 0 Å². The summed E-state index contributed by atoms with van der Waals surface area (Å²) in [6, 6.07) is 0.433. The SMILES string of the molecule is NC1CCC(=C2CCOC3(CCOC3)C2)CC1. The van der Waals surface area contributed by atoms with Crippen molar-refractivity contribution in [2.75, 3.05) is 19.8 Å². The molecule has 96 valence electrons. The Balaban J connectivity index is 1.72. The molecule has 2 aliphatic heterocycles. The van der Waals surface area contributed by atoms with Crippen LogP contribution in [-0.2, 0) is 9.47 Å². The lowest BCUT2D eigenvalue weighted by atomic mass is 9.81. The minimum atomic E-state index is 0.0279. The van der Waals surface area contributed by atoms with E-state index in [2.05, 4.69) is 0 Å². The minimum absolute atomic E-state index is 0.0279. The summed E-state index contributed by atoms with van der Waals surface area (Å²) in [6.07, 6.45) is 8.08. The van der Waals surface area contributed by atoms with E-state index in [0.717, 1.165) is 39.1 Å². The summed E-state index contributed by atoms with van der Waals surface area (Å²) < 4.78 is 11.5. The first-order chi connectivity index (χ1) is 8.27. The fraction of sp³-hybridized carbons (Fsp3) is 0.857. The van der Waals surface area contributed by atoms with Gasteiger partial charge in [-0.3, -0.25) is 0 Å². The Labute approximate surface area is 103 Å². The van der Waals surface area contributed by atoms with E-state index in [4.69, 9.17) is 15.2 Å². The standard InChI is InChI=1S/C14H23NO2/c15-13-3-1-11(2-4-13)12-5-7-17-14(9-12)6-8-16-10-14/h13H,1-10,15H2. The minimum Gasteiger partial charge on any atom is -0.378 e. The van der Waals surface area contributed by atoms with Crippen molar-refractivity contribution in [3.8, 4) is 0 Å². The van der Waals surface area contributed by atoms with E-state index in [1.807, 2.05) is 0 Å². The predicted octanol–water partition coefficient (Wildman–Crippen LogP) is 2.15. The van der Waals surface area contributed by atoms with Gasteiger partial charge in [-0.05, 0) is 32.1 Å². The van der Waals surface area contributed by atoms with E-state index in [1.165, 1.54) is 25.7 Å². The van der Waals surface area contributed by atoms with E-state index >= 15 is 0 Å². The zero-order valence-corrected chi connectivity index (χ0v) is 10.5. The summed E-state index contributed by atoms with van der Waals surface area (Å²) in [4.78, 5) is 0. The van der Waals surface area contributed by atoms with Gasteiger partial charge in [0.1, 0.15) is 0 Å². The molecule has 2 N–H and O–H groups in total. The molecule has 1 spiro atoms. The molecule has 3 fully saturated rings. The van der Waals surface area contributed by atoms with Gasteiger partial charge in [-0.1, -0.05) is 11.1 Å². The molecule has 1 unspecified atom stereocenters. The van der Waals surface area contributed by atoms with Crippen molar-refractivity contribution in [2.24, 2.45) is 5.73 Å². The van der Waals surface area contributed by atoms with Crippen LogP contribution < -0.4 is 5.73 Å². The molecule has 0 aromatic heterocycles. The molecule has 0 radical (unpaired) electrons. The Morgan fingerprint density at radius 3 is 2.59 bits per heavy atom. The second kappa shape index (κ2) is 4.71. The van der Waals surface area contributed by atoms with Gasteiger partial charge >= 0.3 is 0 Å². The van der Waals surface area contributed by atoms with Gasteiger partial charge in [0.05, 0.1) is 18.8 Å². The van der Waals surface area contributed by atoms with Gasteiger partial charge in [0.25, 0.3) is 0 Å². The van der Waals surface area contributed by atoms with Crippen molar-refractivity contribution in [2.45, 2.75) is 56.6 Å². The Bertz CT molecular complexity index is 308. The predicted molar refractivity (Wildman–Crippen MR) is 66.8 cm³/mol. The van der Waals surface area contributed by atoms with Crippen molar-refractivity contribution < 1.29 is 9.47 Å². The maximum Gasteiger partial charge on any atom is 0.0973 e. The van der Waals surface area contributed by atoms with E-state index < -0.39 is 0 Å². The largest absolute Gasteiger partial charge is 0.378 e. The van der Waals surface area contributed by atoms with Crippen LogP contribution in [-0.4, -0.2) is 31.5 Å². The van der Waals surface area contributed by atoms with Crippen molar-refractivity contribution in [1.82, 2.24) is 0 Å².